The average molecular weight is 253 g/mol. The Balaban J connectivity index is 1.86. The number of likely N-dealkylation sites (tertiary alicyclic amines) is 1. The Bertz CT molecular complexity index is 348. The minimum Gasteiger partial charge on any atom is -0.396 e. The summed E-state index contributed by atoms with van der Waals surface area (Å²) in [6, 6.07) is 4.00. The highest BCUT2D eigenvalue weighted by molar-refractivity contribution is 7.10. The summed E-state index contributed by atoms with van der Waals surface area (Å²) in [7, 11) is 0. The SMILES string of the molecule is O=C(Cc1cccs1)N1CCCC(CCO)C1. The second kappa shape index (κ2) is 6.17. The predicted octanol–water partition coefficient (Wildman–Crippen LogP) is 1.91. The van der Waals surface area contributed by atoms with Crippen LogP contribution in [0.15, 0.2) is 17.5 Å². The summed E-state index contributed by atoms with van der Waals surface area (Å²) in [6.07, 6.45) is 3.57. The molecule has 0 bridgehead atoms. The molecule has 4 heteroatoms. The molecule has 1 aromatic heterocycles. The van der Waals surface area contributed by atoms with Gasteiger partial charge < -0.3 is 10.0 Å². The Morgan fingerprint density at radius 3 is 3.18 bits per heavy atom. The van der Waals surface area contributed by atoms with E-state index in [2.05, 4.69) is 0 Å². The maximum Gasteiger partial charge on any atom is 0.227 e. The lowest BCUT2D eigenvalue weighted by Gasteiger charge is -2.32. The lowest BCUT2D eigenvalue weighted by atomic mass is 9.95. The van der Waals surface area contributed by atoms with Gasteiger partial charge in [-0.25, -0.2) is 0 Å². The van der Waals surface area contributed by atoms with Crippen molar-refractivity contribution in [1.29, 1.82) is 0 Å². The third kappa shape index (κ3) is 3.54. The summed E-state index contributed by atoms with van der Waals surface area (Å²) >= 11 is 1.64. The van der Waals surface area contributed by atoms with E-state index in [-0.39, 0.29) is 12.5 Å². The van der Waals surface area contributed by atoms with E-state index < -0.39 is 0 Å². The number of carbonyl (C=O) groups is 1. The fourth-order valence-electron chi connectivity index (χ4n) is 2.38. The van der Waals surface area contributed by atoms with Crippen LogP contribution in [0.1, 0.15) is 24.1 Å². The molecule has 1 atom stereocenters. The Morgan fingerprint density at radius 2 is 2.47 bits per heavy atom. The lowest BCUT2D eigenvalue weighted by molar-refractivity contribution is -0.132. The van der Waals surface area contributed by atoms with Gasteiger partial charge in [0, 0.05) is 24.6 Å². The minimum absolute atomic E-state index is 0.232. The van der Waals surface area contributed by atoms with E-state index in [0.717, 1.165) is 37.2 Å². The summed E-state index contributed by atoms with van der Waals surface area (Å²) in [6.45, 7) is 1.94. The van der Waals surface area contributed by atoms with Gasteiger partial charge in [0.1, 0.15) is 0 Å². The molecule has 0 aliphatic carbocycles. The van der Waals surface area contributed by atoms with Gasteiger partial charge in [0.25, 0.3) is 0 Å². The molecule has 17 heavy (non-hydrogen) atoms. The van der Waals surface area contributed by atoms with E-state index in [4.69, 9.17) is 5.11 Å². The number of aliphatic hydroxyl groups is 1. The fraction of sp³-hybridized carbons (Fsp3) is 0.615. The van der Waals surface area contributed by atoms with Gasteiger partial charge in [0.2, 0.25) is 5.91 Å². The second-order valence-electron chi connectivity index (χ2n) is 4.62. The van der Waals surface area contributed by atoms with Gasteiger partial charge in [-0.3, -0.25) is 4.79 Å². The van der Waals surface area contributed by atoms with Crippen LogP contribution in [-0.4, -0.2) is 35.6 Å². The molecule has 1 fully saturated rings. The quantitative estimate of drug-likeness (QED) is 0.890. The van der Waals surface area contributed by atoms with Crippen LogP contribution in [0.2, 0.25) is 0 Å². The van der Waals surface area contributed by atoms with Gasteiger partial charge in [-0.15, -0.1) is 11.3 Å². The standard InChI is InChI=1S/C13H19NO2S/c15-7-5-11-3-1-6-14(10-11)13(16)9-12-4-2-8-17-12/h2,4,8,11,15H,1,3,5-7,9-10H2. The number of hydrogen-bond donors (Lipinski definition) is 1. The van der Waals surface area contributed by atoms with Crippen molar-refractivity contribution in [1.82, 2.24) is 4.90 Å². The van der Waals surface area contributed by atoms with Crippen molar-refractivity contribution in [2.24, 2.45) is 5.92 Å². The molecular formula is C13H19NO2S. The van der Waals surface area contributed by atoms with Crippen LogP contribution in [-0.2, 0) is 11.2 Å². The normalized spacial score (nSPS) is 20.5. The number of nitrogens with zero attached hydrogens (tertiary/aromatic N) is 1. The highest BCUT2D eigenvalue weighted by atomic mass is 32.1. The largest absolute Gasteiger partial charge is 0.396 e. The number of rotatable bonds is 4. The maximum absolute atomic E-state index is 12.1. The molecule has 2 heterocycles. The average Bonchev–Trinajstić information content (AvgIpc) is 2.83. The van der Waals surface area contributed by atoms with Crippen LogP contribution in [0, 0.1) is 5.92 Å². The van der Waals surface area contributed by atoms with Gasteiger partial charge >= 0.3 is 0 Å². The molecule has 3 nitrogen and oxygen atoms in total. The molecule has 1 amide bonds. The smallest absolute Gasteiger partial charge is 0.227 e. The van der Waals surface area contributed by atoms with Crippen molar-refractivity contribution in [2.45, 2.75) is 25.7 Å². The second-order valence-corrected chi connectivity index (χ2v) is 5.65. The number of hydrogen-bond acceptors (Lipinski definition) is 3. The molecule has 1 aliphatic heterocycles. The van der Waals surface area contributed by atoms with Gasteiger partial charge in [-0.2, -0.15) is 0 Å². The van der Waals surface area contributed by atoms with Crippen LogP contribution < -0.4 is 0 Å². The van der Waals surface area contributed by atoms with Crippen LogP contribution in [0.4, 0.5) is 0 Å². The summed E-state index contributed by atoms with van der Waals surface area (Å²) in [4.78, 5) is 15.2. The van der Waals surface area contributed by atoms with Crippen LogP contribution in [0.5, 0.6) is 0 Å². The van der Waals surface area contributed by atoms with Crippen LogP contribution in [0.25, 0.3) is 0 Å². The maximum atomic E-state index is 12.1. The lowest BCUT2D eigenvalue weighted by Crippen LogP contribution is -2.40. The third-order valence-corrected chi connectivity index (χ3v) is 4.19. The molecule has 0 spiro atoms. The number of carbonyl (C=O) groups excluding carboxylic acids is 1. The molecule has 2 rings (SSSR count). The van der Waals surface area contributed by atoms with Crippen LogP contribution >= 0.6 is 11.3 Å². The summed E-state index contributed by atoms with van der Waals surface area (Å²) < 4.78 is 0. The van der Waals surface area contributed by atoms with Crippen molar-refractivity contribution >= 4 is 17.2 Å². The number of aliphatic hydroxyl groups excluding tert-OH is 1. The van der Waals surface area contributed by atoms with E-state index in [9.17, 15) is 4.79 Å². The number of amides is 1. The fourth-order valence-corrected chi connectivity index (χ4v) is 3.08. The first-order chi connectivity index (χ1) is 8.29. The first-order valence-electron chi connectivity index (χ1n) is 6.20. The first kappa shape index (κ1) is 12.6. The third-order valence-electron chi connectivity index (χ3n) is 3.31. The molecule has 0 saturated carbocycles. The van der Waals surface area contributed by atoms with Gasteiger partial charge in [0.15, 0.2) is 0 Å². The monoisotopic (exact) mass is 253 g/mol. The minimum atomic E-state index is 0.232. The Labute approximate surface area is 106 Å². The Morgan fingerprint density at radius 1 is 1.59 bits per heavy atom. The van der Waals surface area contributed by atoms with Crippen molar-refractivity contribution in [3.8, 4) is 0 Å². The number of thiophene rings is 1. The summed E-state index contributed by atoms with van der Waals surface area (Å²) in [5.41, 5.74) is 0. The van der Waals surface area contributed by atoms with Gasteiger partial charge in [0.05, 0.1) is 6.42 Å². The predicted molar refractivity (Wildman–Crippen MR) is 69.0 cm³/mol. The molecule has 1 aliphatic rings. The van der Waals surface area contributed by atoms with Crippen LogP contribution in [0.3, 0.4) is 0 Å². The highest BCUT2D eigenvalue weighted by Gasteiger charge is 2.23. The Hall–Kier alpha value is -0.870. The highest BCUT2D eigenvalue weighted by Crippen LogP contribution is 2.20. The van der Waals surface area contributed by atoms with Gasteiger partial charge in [-0.05, 0) is 36.6 Å². The Kier molecular flexibility index (Phi) is 4.57. The van der Waals surface area contributed by atoms with Crippen molar-refractivity contribution in [2.75, 3.05) is 19.7 Å². The van der Waals surface area contributed by atoms with Gasteiger partial charge in [-0.1, -0.05) is 6.07 Å². The van der Waals surface area contributed by atoms with E-state index >= 15 is 0 Å². The van der Waals surface area contributed by atoms with E-state index in [1.807, 2.05) is 22.4 Å². The molecular weight excluding hydrogens is 234 g/mol. The zero-order chi connectivity index (χ0) is 12.1. The molecule has 1 saturated heterocycles. The molecule has 1 N–H and O–H groups in total. The molecule has 0 aromatic carbocycles. The van der Waals surface area contributed by atoms with E-state index in [1.54, 1.807) is 11.3 Å². The zero-order valence-electron chi connectivity index (χ0n) is 9.97. The molecule has 0 radical (unpaired) electrons. The van der Waals surface area contributed by atoms with Crippen molar-refractivity contribution in [3.05, 3.63) is 22.4 Å². The van der Waals surface area contributed by atoms with Crippen molar-refractivity contribution in [3.63, 3.8) is 0 Å². The number of piperidine rings is 1. The topological polar surface area (TPSA) is 40.5 Å². The zero-order valence-corrected chi connectivity index (χ0v) is 10.8. The summed E-state index contributed by atoms with van der Waals surface area (Å²) in [5, 5.41) is 11.0. The van der Waals surface area contributed by atoms with E-state index in [1.165, 1.54) is 0 Å². The molecule has 1 aromatic rings. The van der Waals surface area contributed by atoms with E-state index in [0.29, 0.717) is 12.3 Å². The summed E-state index contributed by atoms with van der Waals surface area (Å²) in [5.74, 6) is 0.719. The molecule has 94 valence electrons. The first-order valence-corrected chi connectivity index (χ1v) is 7.08. The van der Waals surface area contributed by atoms with Crippen molar-refractivity contribution < 1.29 is 9.90 Å². The molecule has 1 unspecified atom stereocenters.